The van der Waals surface area contributed by atoms with Gasteiger partial charge < -0.3 is 29.9 Å². The second kappa shape index (κ2) is 14.6. The molecule has 258 valence electrons. The highest BCUT2D eigenvalue weighted by Crippen LogP contribution is 2.41. The van der Waals surface area contributed by atoms with Gasteiger partial charge in [-0.2, -0.15) is 0 Å². The number of carbonyl (C=O) groups excluding carboxylic acids is 1. The van der Waals surface area contributed by atoms with E-state index in [2.05, 4.69) is 47.2 Å². The van der Waals surface area contributed by atoms with Crippen molar-refractivity contribution in [3.8, 4) is 17.0 Å². The zero-order chi connectivity index (χ0) is 33.8. The lowest BCUT2D eigenvalue weighted by atomic mass is 9.89. The summed E-state index contributed by atoms with van der Waals surface area (Å²) < 4.78 is 41.9. The first-order valence-corrected chi connectivity index (χ1v) is 17.0. The van der Waals surface area contributed by atoms with Crippen molar-refractivity contribution < 1.29 is 23.0 Å². The van der Waals surface area contributed by atoms with Gasteiger partial charge in [-0.1, -0.05) is 13.0 Å². The van der Waals surface area contributed by atoms with Crippen molar-refractivity contribution in [3.63, 3.8) is 0 Å². The van der Waals surface area contributed by atoms with Crippen LogP contribution in [0, 0.1) is 11.6 Å². The highest BCUT2D eigenvalue weighted by molar-refractivity contribution is 5.73. The van der Waals surface area contributed by atoms with Gasteiger partial charge in [0, 0.05) is 56.6 Å². The predicted octanol–water partition coefficient (Wildman–Crippen LogP) is 5.73. The summed E-state index contributed by atoms with van der Waals surface area (Å²) >= 11 is 0. The number of rotatable bonds is 8. The molecule has 2 fully saturated rings. The van der Waals surface area contributed by atoms with Crippen molar-refractivity contribution in [1.82, 2.24) is 30.1 Å². The van der Waals surface area contributed by atoms with E-state index in [-0.39, 0.29) is 35.0 Å². The Morgan fingerprint density at radius 1 is 0.979 bits per heavy atom. The van der Waals surface area contributed by atoms with Crippen molar-refractivity contribution in [1.29, 1.82) is 0 Å². The van der Waals surface area contributed by atoms with Crippen molar-refractivity contribution in [2.45, 2.75) is 77.6 Å². The van der Waals surface area contributed by atoms with Gasteiger partial charge in [-0.3, -0.25) is 4.90 Å². The molecule has 1 amide bonds. The Hall–Kier alpha value is -4.10. The summed E-state index contributed by atoms with van der Waals surface area (Å²) in [6.45, 7) is 14.7. The standard InChI is InChI=1S/C35H46F2N8O3/c1-5-43-12-14-44(15-13-43)22-23-6-11-30(38-20-23)41-33-39-21-28(37)31(42-33)24-18-27(36)32-29(19-24)45(16-17-47-32)26-9-7-25(8-10-26)40-34(46)48-35(2,3)4/h6,11,18-21,25-26H,5,7-10,12-17,22H2,1-4H3,(H,40,46)(H,38,39,41,42). The maximum absolute atomic E-state index is 15.5. The number of fused-ring (bicyclic) bond motifs is 1. The number of halogens is 2. The molecule has 0 spiro atoms. The summed E-state index contributed by atoms with van der Waals surface area (Å²) in [5, 5.41) is 6.04. The van der Waals surface area contributed by atoms with Crippen LogP contribution in [0.3, 0.4) is 0 Å². The van der Waals surface area contributed by atoms with Crippen LogP contribution >= 0.6 is 0 Å². The molecule has 3 aliphatic rings. The van der Waals surface area contributed by atoms with Crippen molar-refractivity contribution in [2.24, 2.45) is 0 Å². The van der Waals surface area contributed by atoms with Crippen LogP contribution in [-0.2, 0) is 11.3 Å². The van der Waals surface area contributed by atoms with Crippen LogP contribution in [0.5, 0.6) is 5.75 Å². The van der Waals surface area contributed by atoms with E-state index >= 15 is 8.78 Å². The highest BCUT2D eigenvalue weighted by atomic mass is 19.1. The number of anilines is 3. The van der Waals surface area contributed by atoms with E-state index in [1.54, 1.807) is 6.07 Å². The number of aromatic nitrogens is 3. The normalized spacial score (nSPS) is 20.5. The Labute approximate surface area is 281 Å². The third-order valence-corrected chi connectivity index (χ3v) is 9.17. The molecular formula is C35H46F2N8O3. The first kappa shape index (κ1) is 33.8. The molecule has 1 saturated heterocycles. The Balaban J connectivity index is 1.13. The molecule has 0 bridgehead atoms. The van der Waals surface area contributed by atoms with Crippen LogP contribution in [0.4, 0.5) is 31.0 Å². The van der Waals surface area contributed by atoms with Crippen LogP contribution < -0.4 is 20.3 Å². The number of ether oxygens (including phenoxy) is 2. The van der Waals surface area contributed by atoms with Crippen LogP contribution in [0.1, 0.15) is 58.9 Å². The second-order valence-corrected chi connectivity index (χ2v) is 13.8. The number of pyridine rings is 1. The molecule has 0 atom stereocenters. The molecule has 0 radical (unpaired) electrons. The first-order valence-electron chi connectivity index (χ1n) is 17.0. The van der Waals surface area contributed by atoms with Gasteiger partial charge >= 0.3 is 6.09 Å². The third-order valence-electron chi connectivity index (χ3n) is 9.17. The van der Waals surface area contributed by atoms with Crippen molar-refractivity contribution in [2.75, 3.05) is 56.1 Å². The summed E-state index contributed by atoms with van der Waals surface area (Å²) in [4.78, 5) is 32.4. The van der Waals surface area contributed by atoms with Gasteiger partial charge in [0.05, 0.1) is 18.4 Å². The number of hydrogen-bond donors (Lipinski definition) is 2. The van der Waals surface area contributed by atoms with Gasteiger partial charge in [-0.25, -0.2) is 28.5 Å². The Bertz CT molecular complexity index is 1570. The second-order valence-electron chi connectivity index (χ2n) is 13.8. The average Bonchev–Trinajstić information content (AvgIpc) is 3.06. The number of alkyl carbamates (subject to hydrolysis) is 1. The van der Waals surface area contributed by atoms with Crippen molar-refractivity contribution >= 4 is 23.5 Å². The molecule has 1 aromatic carbocycles. The molecule has 0 unspecified atom stereocenters. The van der Waals surface area contributed by atoms with E-state index in [0.717, 1.165) is 76.7 Å². The van der Waals surface area contributed by atoms with Crippen LogP contribution in [0.2, 0.25) is 0 Å². The maximum Gasteiger partial charge on any atom is 0.407 e. The minimum absolute atomic E-state index is 0.00752. The van der Waals surface area contributed by atoms with E-state index < -0.39 is 23.3 Å². The number of benzene rings is 1. The lowest BCUT2D eigenvalue weighted by Gasteiger charge is -2.41. The fraction of sp³-hybridized carbons (Fsp3) is 0.543. The summed E-state index contributed by atoms with van der Waals surface area (Å²) in [6.07, 6.45) is 5.61. The Morgan fingerprint density at radius 3 is 2.42 bits per heavy atom. The van der Waals surface area contributed by atoms with Gasteiger partial charge in [-0.05, 0) is 76.8 Å². The number of hydrogen-bond acceptors (Lipinski definition) is 10. The van der Waals surface area contributed by atoms with E-state index in [1.165, 1.54) is 6.07 Å². The molecule has 1 aliphatic carbocycles. The SMILES string of the molecule is CCN1CCN(Cc2ccc(Nc3ncc(F)c(-c4cc(F)c5c(c4)N(C4CCC(NC(=O)OC(C)(C)C)CC4)CCO5)n3)nc2)CC1. The number of carbonyl (C=O) groups is 1. The molecule has 4 heterocycles. The van der Waals surface area contributed by atoms with Gasteiger partial charge in [0.15, 0.2) is 17.4 Å². The zero-order valence-electron chi connectivity index (χ0n) is 28.3. The number of nitrogens with one attached hydrogen (secondary N) is 2. The Kier molecular flexibility index (Phi) is 10.3. The molecule has 48 heavy (non-hydrogen) atoms. The van der Waals surface area contributed by atoms with E-state index in [4.69, 9.17) is 9.47 Å². The van der Waals surface area contributed by atoms with Gasteiger partial charge in [0.2, 0.25) is 5.95 Å². The topological polar surface area (TPSA) is 108 Å². The summed E-state index contributed by atoms with van der Waals surface area (Å²) in [5.74, 6) is -0.399. The molecule has 1 saturated carbocycles. The fourth-order valence-corrected chi connectivity index (χ4v) is 6.68. The minimum Gasteiger partial charge on any atom is -0.486 e. The number of amides is 1. The molecule has 3 aromatic rings. The molecule has 6 rings (SSSR count). The third kappa shape index (κ3) is 8.30. The molecular weight excluding hydrogens is 618 g/mol. The van der Waals surface area contributed by atoms with Crippen LogP contribution in [0.15, 0.2) is 36.7 Å². The Morgan fingerprint density at radius 2 is 1.73 bits per heavy atom. The van der Waals surface area contributed by atoms with Gasteiger partial charge in [0.1, 0.15) is 23.7 Å². The lowest BCUT2D eigenvalue weighted by molar-refractivity contribution is 0.0491. The number of likely N-dealkylation sites (N-methyl/N-ethyl adjacent to an activating group) is 1. The summed E-state index contributed by atoms with van der Waals surface area (Å²) in [7, 11) is 0. The monoisotopic (exact) mass is 664 g/mol. The van der Waals surface area contributed by atoms with Gasteiger partial charge in [-0.15, -0.1) is 0 Å². The number of nitrogens with zero attached hydrogens (tertiary/aromatic N) is 6. The first-order chi connectivity index (χ1) is 23.0. The minimum atomic E-state index is -0.664. The lowest BCUT2D eigenvalue weighted by Crippen LogP contribution is -2.47. The fourth-order valence-electron chi connectivity index (χ4n) is 6.68. The smallest absolute Gasteiger partial charge is 0.407 e. The van der Waals surface area contributed by atoms with E-state index in [0.29, 0.717) is 24.7 Å². The summed E-state index contributed by atoms with van der Waals surface area (Å²) in [6, 6.07) is 6.99. The average molecular weight is 665 g/mol. The zero-order valence-corrected chi connectivity index (χ0v) is 28.3. The largest absolute Gasteiger partial charge is 0.486 e. The molecule has 11 nitrogen and oxygen atoms in total. The predicted molar refractivity (Wildman–Crippen MR) is 181 cm³/mol. The molecule has 2 aliphatic heterocycles. The molecule has 2 aromatic heterocycles. The molecule has 2 N–H and O–H groups in total. The van der Waals surface area contributed by atoms with E-state index in [9.17, 15) is 4.79 Å². The van der Waals surface area contributed by atoms with Gasteiger partial charge in [0.25, 0.3) is 0 Å². The van der Waals surface area contributed by atoms with Crippen molar-refractivity contribution in [3.05, 3.63) is 53.9 Å². The van der Waals surface area contributed by atoms with Crippen LogP contribution in [0.25, 0.3) is 11.3 Å². The van der Waals surface area contributed by atoms with E-state index in [1.807, 2.05) is 39.1 Å². The molecule has 13 heteroatoms. The maximum atomic E-state index is 15.5. The van der Waals surface area contributed by atoms with Crippen LogP contribution in [-0.4, -0.2) is 94.4 Å². The quantitative estimate of drug-likeness (QED) is 0.310. The number of piperazine rings is 1. The summed E-state index contributed by atoms with van der Waals surface area (Å²) in [5.41, 5.74) is 1.38. The highest BCUT2D eigenvalue weighted by Gasteiger charge is 2.33.